The maximum Gasteiger partial charge on any atom is 0.280 e. The maximum absolute atomic E-state index is 13.1. The average molecular weight is 481 g/mol. The minimum Gasteiger partial charge on any atom is -0.268 e. The Hall–Kier alpha value is -3.22. The van der Waals surface area contributed by atoms with Crippen LogP contribution in [0.1, 0.15) is 5.56 Å². The van der Waals surface area contributed by atoms with Crippen molar-refractivity contribution in [3.8, 4) is 11.4 Å². The van der Waals surface area contributed by atoms with Gasteiger partial charge in [0.25, 0.3) is 11.5 Å². The number of amides is 1. The number of para-hydroxylation sites is 1. The fraction of sp³-hybridized carbons (Fsp3) is 0. The minimum absolute atomic E-state index is 0.298. The van der Waals surface area contributed by atoms with Crippen LogP contribution in [0, 0.1) is 0 Å². The predicted molar refractivity (Wildman–Crippen MR) is 124 cm³/mol. The van der Waals surface area contributed by atoms with Gasteiger partial charge >= 0.3 is 0 Å². The summed E-state index contributed by atoms with van der Waals surface area (Å²) in [5.41, 5.74) is 4.26. The Labute approximate surface area is 185 Å². The van der Waals surface area contributed by atoms with E-state index in [0.29, 0.717) is 27.3 Å². The highest BCUT2D eigenvalue weighted by molar-refractivity contribution is 9.10. The van der Waals surface area contributed by atoms with E-state index < -0.39 is 5.91 Å². The second kappa shape index (κ2) is 8.65. The van der Waals surface area contributed by atoms with Gasteiger partial charge in [0.15, 0.2) is 5.82 Å². The number of nitrogens with zero attached hydrogens (tertiary/aromatic N) is 2. The molecule has 148 valence electrons. The third-order valence-electron chi connectivity index (χ3n) is 4.38. The van der Waals surface area contributed by atoms with Crippen LogP contribution in [0.2, 0.25) is 5.02 Å². The lowest BCUT2D eigenvalue weighted by molar-refractivity contribution is -0.112. The molecule has 0 bridgehead atoms. The molecule has 1 aromatic heterocycles. The zero-order valence-corrected chi connectivity index (χ0v) is 17.9. The third kappa shape index (κ3) is 4.35. The molecule has 4 aromatic rings. The van der Waals surface area contributed by atoms with Gasteiger partial charge in [-0.15, -0.1) is 0 Å². The smallest absolute Gasteiger partial charge is 0.268 e. The Balaban J connectivity index is 1.75. The van der Waals surface area contributed by atoms with Crippen molar-refractivity contribution in [2.24, 2.45) is 0 Å². The van der Waals surface area contributed by atoms with Crippen LogP contribution in [-0.4, -0.2) is 15.6 Å². The van der Waals surface area contributed by atoms with Crippen LogP contribution < -0.4 is 11.0 Å². The Kier molecular flexibility index (Phi) is 5.79. The molecule has 4 rings (SSSR count). The van der Waals surface area contributed by atoms with Crippen LogP contribution in [0.5, 0.6) is 0 Å². The number of fused-ring (bicyclic) bond motifs is 1. The molecule has 1 amide bonds. The van der Waals surface area contributed by atoms with E-state index in [2.05, 4.69) is 26.3 Å². The first-order valence-corrected chi connectivity index (χ1v) is 10.2. The molecule has 0 spiro atoms. The van der Waals surface area contributed by atoms with Crippen LogP contribution in [0.25, 0.3) is 28.4 Å². The summed E-state index contributed by atoms with van der Waals surface area (Å²) < 4.78 is 2.10. The molecule has 0 aliphatic carbocycles. The largest absolute Gasteiger partial charge is 0.280 e. The van der Waals surface area contributed by atoms with E-state index in [0.717, 1.165) is 14.7 Å². The van der Waals surface area contributed by atoms with E-state index in [1.54, 1.807) is 54.6 Å². The molecule has 0 unspecified atom stereocenters. The third-order valence-corrected chi connectivity index (χ3v) is 5.14. The first kappa shape index (κ1) is 20.1. The van der Waals surface area contributed by atoms with E-state index in [9.17, 15) is 9.59 Å². The quantitative estimate of drug-likeness (QED) is 0.405. The van der Waals surface area contributed by atoms with Gasteiger partial charge in [0, 0.05) is 21.1 Å². The molecule has 0 saturated heterocycles. The van der Waals surface area contributed by atoms with E-state index >= 15 is 0 Å². The highest BCUT2D eigenvalue weighted by atomic mass is 79.9. The van der Waals surface area contributed by atoms with Crippen LogP contribution in [0.3, 0.4) is 0 Å². The number of nitrogens with one attached hydrogen (secondary N) is 1. The van der Waals surface area contributed by atoms with Crippen LogP contribution in [0.4, 0.5) is 0 Å². The number of hydrogen-bond donors (Lipinski definition) is 1. The van der Waals surface area contributed by atoms with E-state index in [4.69, 9.17) is 11.6 Å². The number of halogens is 2. The Morgan fingerprint density at radius 1 is 1.03 bits per heavy atom. The molecule has 1 N–H and O–H groups in total. The summed E-state index contributed by atoms with van der Waals surface area (Å²) in [7, 11) is 0. The number of carbonyl (C=O) groups is 1. The normalized spacial score (nSPS) is 11.1. The van der Waals surface area contributed by atoms with E-state index in [1.165, 1.54) is 6.08 Å². The van der Waals surface area contributed by atoms with E-state index in [1.807, 2.05) is 24.3 Å². The van der Waals surface area contributed by atoms with Gasteiger partial charge in [0.2, 0.25) is 0 Å². The molecule has 30 heavy (non-hydrogen) atoms. The molecule has 0 atom stereocenters. The molecule has 0 radical (unpaired) electrons. The summed E-state index contributed by atoms with van der Waals surface area (Å²) >= 11 is 9.50. The van der Waals surface area contributed by atoms with Crippen molar-refractivity contribution in [2.45, 2.75) is 0 Å². The molecule has 1 heterocycles. The average Bonchev–Trinajstić information content (AvgIpc) is 2.75. The zero-order chi connectivity index (χ0) is 21.1. The van der Waals surface area contributed by atoms with Gasteiger partial charge in [-0.1, -0.05) is 63.9 Å². The molecular weight excluding hydrogens is 466 g/mol. The highest BCUT2D eigenvalue weighted by Gasteiger charge is 2.14. The summed E-state index contributed by atoms with van der Waals surface area (Å²) in [6.45, 7) is 0. The molecule has 7 heteroatoms. The number of hydrogen-bond acceptors (Lipinski definition) is 3. The van der Waals surface area contributed by atoms with Crippen molar-refractivity contribution < 1.29 is 4.79 Å². The first-order valence-electron chi connectivity index (χ1n) is 9.04. The van der Waals surface area contributed by atoms with Crippen LogP contribution >= 0.6 is 27.5 Å². The number of rotatable bonds is 4. The molecule has 0 fully saturated rings. The number of carbonyl (C=O) groups excluding carboxylic acids is 1. The molecular formula is C23H15BrClN3O2. The molecule has 0 saturated carbocycles. The van der Waals surface area contributed by atoms with Crippen molar-refractivity contribution in [2.75, 3.05) is 5.43 Å². The topological polar surface area (TPSA) is 64.0 Å². The van der Waals surface area contributed by atoms with Gasteiger partial charge in [-0.25, -0.2) is 4.98 Å². The van der Waals surface area contributed by atoms with Gasteiger partial charge in [-0.05, 0) is 48.0 Å². The number of aromatic nitrogens is 2. The second-order valence-corrected chi connectivity index (χ2v) is 7.82. The minimum atomic E-state index is -0.458. The van der Waals surface area contributed by atoms with Gasteiger partial charge in [0.05, 0.1) is 10.9 Å². The zero-order valence-electron chi connectivity index (χ0n) is 15.5. The second-order valence-electron chi connectivity index (χ2n) is 6.46. The monoisotopic (exact) mass is 479 g/mol. The summed E-state index contributed by atoms with van der Waals surface area (Å²) in [5, 5.41) is 0.906. The standard InChI is InChI=1S/C23H15BrClN3O2/c24-17-11-8-15(9-12-17)10-13-21(29)27-28-22(16-4-3-5-18(25)14-16)26-20-7-2-1-6-19(20)23(28)30/h1-14H,(H,27,29)/b13-10+. The van der Waals surface area contributed by atoms with Gasteiger partial charge in [-0.3, -0.25) is 15.0 Å². The predicted octanol–water partition coefficient (Wildman–Crippen LogP) is 5.26. The van der Waals surface area contributed by atoms with E-state index in [-0.39, 0.29) is 5.56 Å². The summed E-state index contributed by atoms with van der Waals surface area (Å²) in [4.78, 5) is 30.3. The fourth-order valence-electron chi connectivity index (χ4n) is 2.95. The lowest BCUT2D eigenvalue weighted by atomic mass is 10.2. The van der Waals surface area contributed by atoms with Crippen molar-refractivity contribution in [3.05, 3.63) is 104 Å². The SMILES string of the molecule is O=C(/C=C/c1ccc(Br)cc1)Nn1c(-c2cccc(Cl)c2)nc2ccccc2c1=O. The van der Waals surface area contributed by atoms with Crippen molar-refractivity contribution in [1.29, 1.82) is 0 Å². The Morgan fingerprint density at radius 2 is 1.80 bits per heavy atom. The lowest BCUT2D eigenvalue weighted by Crippen LogP contribution is -2.34. The summed E-state index contributed by atoms with van der Waals surface area (Å²) in [6, 6.07) is 21.5. The molecule has 5 nitrogen and oxygen atoms in total. The van der Waals surface area contributed by atoms with Gasteiger partial charge in [-0.2, -0.15) is 4.68 Å². The first-order chi connectivity index (χ1) is 14.5. The van der Waals surface area contributed by atoms with Crippen LogP contribution in [-0.2, 0) is 4.79 Å². The maximum atomic E-state index is 13.1. The van der Waals surface area contributed by atoms with Gasteiger partial charge in [0.1, 0.15) is 0 Å². The Bertz CT molecular complexity index is 1330. The summed E-state index contributed by atoms with van der Waals surface area (Å²) in [5.74, 6) is -0.160. The van der Waals surface area contributed by atoms with Crippen molar-refractivity contribution in [1.82, 2.24) is 9.66 Å². The van der Waals surface area contributed by atoms with Crippen molar-refractivity contribution >= 4 is 50.4 Å². The highest BCUT2D eigenvalue weighted by Crippen LogP contribution is 2.21. The summed E-state index contributed by atoms with van der Waals surface area (Å²) in [6.07, 6.45) is 3.03. The molecule has 0 aliphatic rings. The lowest BCUT2D eigenvalue weighted by Gasteiger charge is -2.14. The van der Waals surface area contributed by atoms with Crippen molar-refractivity contribution in [3.63, 3.8) is 0 Å². The molecule has 3 aromatic carbocycles. The molecule has 0 aliphatic heterocycles. The fourth-order valence-corrected chi connectivity index (χ4v) is 3.41. The number of benzene rings is 3. The Morgan fingerprint density at radius 3 is 2.57 bits per heavy atom. The van der Waals surface area contributed by atoms with Gasteiger partial charge < -0.3 is 0 Å². The van der Waals surface area contributed by atoms with Crippen LogP contribution in [0.15, 0.2) is 88.1 Å².